The minimum atomic E-state index is -2.07. The molecule has 0 aliphatic rings. The van der Waals surface area contributed by atoms with Gasteiger partial charge in [-0.3, -0.25) is 0 Å². The van der Waals surface area contributed by atoms with E-state index in [2.05, 4.69) is 0 Å². The second-order valence-corrected chi connectivity index (χ2v) is 12.4. The summed E-state index contributed by atoms with van der Waals surface area (Å²) >= 11 is 60.3. The van der Waals surface area contributed by atoms with Gasteiger partial charge in [0.2, 0.25) is 7.59 Å². The van der Waals surface area contributed by atoms with Crippen LogP contribution in [0.5, 0.6) is 0 Å². The highest BCUT2D eigenvalue weighted by atomic mass is 35.6. The molecule has 0 fully saturated rings. The van der Waals surface area contributed by atoms with Gasteiger partial charge in [0.15, 0.2) is 8.67 Å². The molecule has 0 N–H and O–H groups in total. The lowest BCUT2D eigenvalue weighted by atomic mass is 9.96. The highest BCUT2D eigenvalue weighted by molar-refractivity contribution is 6.76. The summed E-state index contributed by atoms with van der Waals surface area (Å²) in [6.45, 7) is -0.204. The quantitative estimate of drug-likeness (QED) is 0.251. The van der Waals surface area contributed by atoms with Crippen LogP contribution in [0.4, 0.5) is 0 Å². The van der Waals surface area contributed by atoms with Gasteiger partial charge in [-0.15, -0.1) is 0 Å². The van der Waals surface area contributed by atoms with Crippen LogP contribution in [-0.4, -0.2) is 14.2 Å². The maximum atomic E-state index is 10.7. The van der Waals surface area contributed by atoms with Gasteiger partial charge in [0.25, 0.3) is 0 Å². The first-order valence-electron chi connectivity index (χ1n) is 6.77. The van der Waals surface area contributed by atoms with Crippen LogP contribution in [0.2, 0.25) is 0 Å². The number of aryl methyl sites for hydroxylation is 1. The molecule has 1 radical (unpaired) electrons. The van der Waals surface area contributed by atoms with E-state index in [1.165, 1.54) is 6.07 Å². The Balaban J connectivity index is 3.49. The molecular formula is C14H11Cl10O. The molecule has 0 amide bonds. The van der Waals surface area contributed by atoms with E-state index >= 15 is 0 Å². The summed E-state index contributed by atoms with van der Waals surface area (Å²) in [4.78, 5) is 0. The van der Waals surface area contributed by atoms with Gasteiger partial charge < -0.3 is 0 Å². The van der Waals surface area contributed by atoms with E-state index in [1.807, 2.05) is 0 Å². The third-order valence-electron chi connectivity index (χ3n) is 3.36. The standard InChI is InChI=1S/C14H11Cl10O/c15-11(16,13(19,20)21)9-5-4-8(3-1-2-6-25)10(7-9)12(17,18)14(22,23)24/h4-5,7H,1-3,6H2. The molecule has 0 saturated heterocycles. The number of benzene rings is 1. The summed E-state index contributed by atoms with van der Waals surface area (Å²) in [5.41, 5.74) is 1.11. The monoisotopic (exact) mass is 545 g/mol. The van der Waals surface area contributed by atoms with Gasteiger partial charge in [-0.25, -0.2) is 5.11 Å². The fourth-order valence-corrected chi connectivity index (χ4v) is 3.24. The predicted octanol–water partition coefficient (Wildman–Crippen LogP) is 8.44. The second kappa shape index (κ2) is 9.26. The highest BCUT2D eigenvalue weighted by Gasteiger charge is 2.51. The molecule has 0 aliphatic heterocycles. The van der Waals surface area contributed by atoms with Crippen LogP contribution in [-0.2, 0) is 20.2 Å². The summed E-state index contributed by atoms with van der Waals surface area (Å²) in [5.74, 6) is 0. The minimum Gasteiger partial charge on any atom is -0.237 e. The smallest absolute Gasteiger partial charge is 0.227 e. The van der Waals surface area contributed by atoms with Crippen LogP contribution in [0.15, 0.2) is 18.2 Å². The summed E-state index contributed by atoms with van der Waals surface area (Å²) in [5, 5.41) is 10.7. The zero-order valence-electron chi connectivity index (χ0n) is 12.2. The van der Waals surface area contributed by atoms with Gasteiger partial charge in [0.1, 0.15) is 0 Å². The Morgan fingerprint density at radius 2 is 1.24 bits per heavy atom. The molecule has 0 unspecified atom stereocenters. The summed E-state index contributed by atoms with van der Waals surface area (Å²) < 4.78 is -7.95. The Labute approximate surface area is 196 Å². The Morgan fingerprint density at radius 3 is 1.68 bits per heavy atom. The van der Waals surface area contributed by atoms with Crippen molar-refractivity contribution in [1.29, 1.82) is 0 Å². The van der Waals surface area contributed by atoms with E-state index < -0.39 is 16.3 Å². The van der Waals surface area contributed by atoms with E-state index in [9.17, 15) is 5.11 Å². The number of hydrogen-bond acceptors (Lipinski definition) is 0. The van der Waals surface area contributed by atoms with E-state index in [1.54, 1.807) is 12.1 Å². The fourth-order valence-electron chi connectivity index (χ4n) is 2.02. The number of halogens is 10. The van der Waals surface area contributed by atoms with Crippen LogP contribution in [0, 0.1) is 0 Å². The molecule has 0 bridgehead atoms. The van der Waals surface area contributed by atoms with Crippen molar-refractivity contribution in [2.45, 2.75) is 35.5 Å². The van der Waals surface area contributed by atoms with E-state index in [0.29, 0.717) is 24.8 Å². The largest absolute Gasteiger partial charge is 0.237 e. The first-order chi connectivity index (χ1) is 11.2. The number of rotatable bonds is 6. The van der Waals surface area contributed by atoms with Crippen molar-refractivity contribution >= 4 is 116 Å². The van der Waals surface area contributed by atoms with Crippen LogP contribution in [0.3, 0.4) is 0 Å². The molecule has 1 aromatic rings. The lowest BCUT2D eigenvalue weighted by Gasteiger charge is -2.33. The van der Waals surface area contributed by atoms with Gasteiger partial charge in [-0.1, -0.05) is 128 Å². The summed E-state index contributed by atoms with van der Waals surface area (Å²) in [6.07, 6.45) is 1.54. The van der Waals surface area contributed by atoms with E-state index in [0.717, 1.165) is 0 Å². The zero-order valence-corrected chi connectivity index (χ0v) is 19.8. The van der Waals surface area contributed by atoms with Crippen molar-refractivity contribution in [3.8, 4) is 0 Å². The van der Waals surface area contributed by atoms with Crippen LogP contribution in [0.25, 0.3) is 0 Å². The van der Waals surface area contributed by atoms with Crippen molar-refractivity contribution in [2.24, 2.45) is 0 Å². The van der Waals surface area contributed by atoms with Crippen LogP contribution < -0.4 is 0 Å². The molecule has 0 aliphatic carbocycles. The van der Waals surface area contributed by atoms with Crippen molar-refractivity contribution in [3.63, 3.8) is 0 Å². The summed E-state index contributed by atoms with van der Waals surface area (Å²) in [6, 6.07) is 4.62. The van der Waals surface area contributed by atoms with Crippen molar-refractivity contribution in [3.05, 3.63) is 34.9 Å². The molecule has 0 heterocycles. The fraction of sp³-hybridized carbons (Fsp3) is 0.571. The number of alkyl halides is 10. The Hall–Kier alpha value is 2.08. The van der Waals surface area contributed by atoms with Crippen LogP contribution in [0.1, 0.15) is 29.5 Å². The lowest BCUT2D eigenvalue weighted by molar-refractivity contribution is 0.187. The molecule has 1 nitrogen and oxygen atoms in total. The molecule has 0 spiro atoms. The van der Waals surface area contributed by atoms with Gasteiger partial charge in [-0.2, -0.15) is 0 Å². The molecule has 0 aromatic heterocycles. The topological polar surface area (TPSA) is 19.9 Å². The Kier molecular flexibility index (Phi) is 9.31. The van der Waals surface area contributed by atoms with Crippen molar-refractivity contribution in [1.82, 2.24) is 0 Å². The van der Waals surface area contributed by atoms with Crippen LogP contribution >= 0.6 is 116 Å². The minimum absolute atomic E-state index is 0.204. The average molecular weight is 550 g/mol. The Morgan fingerprint density at radius 1 is 0.720 bits per heavy atom. The first kappa shape index (κ1) is 25.1. The Bertz CT molecular complexity index is 588. The van der Waals surface area contributed by atoms with Crippen molar-refractivity contribution in [2.75, 3.05) is 6.61 Å². The molecule has 1 aromatic carbocycles. The molecule has 0 atom stereocenters. The maximum Gasteiger partial charge on any atom is 0.227 e. The molecule has 0 saturated carbocycles. The van der Waals surface area contributed by atoms with Gasteiger partial charge in [0.05, 0.1) is 6.61 Å². The third kappa shape index (κ3) is 6.03. The second-order valence-electron chi connectivity index (χ2n) is 5.18. The molecule has 11 heteroatoms. The zero-order chi connectivity index (χ0) is 19.7. The number of unbranched alkanes of at least 4 members (excludes halogenated alkanes) is 1. The maximum absolute atomic E-state index is 10.7. The first-order valence-corrected chi connectivity index (χ1v) is 10.5. The molecular weight excluding hydrogens is 539 g/mol. The lowest BCUT2D eigenvalue weighted by Crippen LogP contribution is -2.32. The van der Waals surface area contributed by atoms with Gasteiger partial charge >= 0.3 is 0 Å². The normalized spacial score (nSPS) is 14.0. The SMILES string of the molecule is [O]CCCCc1ccc(C(Cl)(Cl)C(Cl)(Cl)Cl)cc1C(Cl)(Cl)C(Cl)(Cl)Cl. The number of hydrogen-bond donors (Lipinski definition) is 0. The molecule has 1 rings (SSSR count). The van der Waals surface area contributed by atoms with E-state index in [4.69, 9.17) is 116 Å². The molecule has 143 valence electrons. The van der Waals surface area contributed by atoms with E-state index in [-0.39, 0.29) is 17.7 Å². The average Bonchev–Trinajstić information content (AvgIpc) is 2.45. The predicted molar refractivity (Wildman–Crippen MR) is 112 cm³/mol. The van der Waals surface area contributed by atoms with Gasteiger partial charge in [0, 0.05) is 0 Å². The van der Waals surface area contributed by atoms with Gasteiger partial charge in [-0.05, 0) is 42.0 Å². The molecule has 25 heavy (non-hydrogen) atoms. The summed E-state index contributed by atoms with van der Waals surface area (Å²) in [7, 11) is 0. The highest BCUT2D eigenvalue weighted by Crippen LogP contribution is 2.57. The third-order valence-corrected chi connectivity index (χ3v) is 8.20. The van der Waals surface area contributed by atoms with Crippen molar-refractivity contribution < 1.29 is 5.11 Å².